The van der Waals surface area contributed by atoms with Crippen molar-refractivity contribution in [3.05, 3.63) is 60.7 Å². The van der Waals surface area contributed by atoms with Gasteiger partial charge >= 0.3 is 0 Å². The first kappa shape index (κ1) is 14.1. The summed E-state index contributed by atoms with van der Waals surface area (Å²) >= 11 is 0. The highest BCUT2D eigenvalue weighted by molar-refractivity contribution is 5.85. The van der Waals surface area contributed by atoms with Gasteiger partial charge in [-0.2, -0.15) is 0 Å². The summed E-state index contributed by atoms with van der Waals surface area (Å²) in [7, 11) is 0. The van der Waals surface area contributed by atoms with E-state index in [1.54, 1.807) is 31.5 Å². The Hall–Kier alpha value is -2.82. The minimum absolute atomic E-state index is 0.204. The predicted octanol–water partition coefficient (Wildman–Crippen LogP) is 2.91. The summed E-state index contributed by atoms with van der Waals surface area (Å²) in [5.74, 6) is 1.09. The Morgan fingerprint density at radius 2 is 2.14 bits per heavy atom. The zero-order chi connectivity index (χ0) is 15.4. The standard InChI is InChI=1S/C17H16N2O3/c1-12(17(20)19-11-14-7-4-10-21-14)22-15-8-2-5-13-6-3-9-18-16(13)15/h2-10,12H,11H2,1H3,(H,19,20). The predicted molar refractivity (Wildman–Crippen MR) is 82.4 cm³/mol. The van der Waals surface area contributed by atoms with Crippen molar-refractivity contribution in [1.82, 2.24) is 10.3 Å². The Morgan fingerprint density at radius 1 is 1.27 bits per heavy atom. The molecule has 2 heterocycles. The van der Waals surface area contributed by atoms with Crippen molar-refractivity contribution in [2.24, 2.45) is 0 Å². The zero-order valence-electron chi connectivity index (χ0n) is 12.2. The van der Waals surface area contributed by atoms with Gasteiger partial charge in [-0.3, -0.25) is 9.78 Å². The van der Waals surface area contributed by atoms with Crippen molar-refractivity contribution >= 4 is 16.8 Å². The van der Waals surface area contributed by atoms with E-state index in [1.165, 1.54) is 0 Å². The maximum Gasteiger partial charge on any atom is 0.261 e. The SMILES string of the molecule is CC(Oc1cccc2cccnc12)C(=O)NCc1ccco1. The van der Waals surface area contributed by atoms with Crippen molar-refractivity contribution in [3.63, 3.8) is 0 Å². The fourth-order valence-corrected chi connectivity index (χ4v) is 2.15. The molecule has 0 spiro atoms. The number of aromatic nitrogens is 1. The molecule has 1 N–H and O–H groups in total. The highest BCUT2D eigenvalue weighted by Gasteiger charge is 2.16. The molecular formula is C17H16N2O3. The highest BCUT2D eigenvalue weighted by Crippen LogP contribution is 2.23. The quantitative estimate of drug-likeness (QED) is 0.786. The number of para-hydroxylation sites is 1. The maximum atomic E-state index is 12.1. The van der Waals surface area contributed by atoms with Crippen molar-refractivity contribution < 1.29 is 13.9 Å². The molecular weight excluding hydrogens is 280 g/mol. The van der Waals surface area contributed by atoms with E-state index in [1.807, 2.05) is 30.3 Å². The van der Waals surface area contributed by atoms with Crippen molar-refractivity contribution in [2.75, 3.05) is 0 Å². The second-order valence-corrected chi connectivity index (χ2v) is 4.89. The molecule has 1 aromatic carbocycles. The molecule has 0 fully saturated rings. The lowest BCUT2D eigenvalue weighted by molar-refractivity contribution is -0.127. The van der Waals surface area contributed by atoms with E-state index in [-0.39, 0.29) is 5.91 Å². The van der Waals surface area contributed by atoms with Gasteiger partial charge in [0, 0.05) is 11.6 Å². The minimum atomic E-state index is -0.623. The smallest absolute Gasteiger partial charge is 0.261 e. The number of furan rings is 1. The van der Waals surface area contributed by atoms with Crippen LogP contribution >= 0.6 is 0 Å². The van der Waals surface area contributed by atoms with Gasteiger partial charge in [-0.1, -0.05) is 18.2 Å². The van der Waals surface area contributed by atoms with E-state index >= 15 is 0 Å². The summed E-state index contributed by atoms with van der Waals surface area (Å²) in [6, 6.07) is 13.1. The molecule has 5 nitrogen and oxygen atoms in total. The number of fused-ring (bicyclic) bond motifs is 1. The van der Waals surface area contributed by atoms with Crippen LogP contribution in [0.4, 0.5) is 0 Å². The van der Waals surface area contributed by atoms with E-state index < -0.39 is 6.10 Å². The lowest BCUT2D eigenvalue weighted by Crippen LogP contribution is -2.35. The summed E-state index contributed by atoms with van der Waals surface area (Å²) in [5, 5.41) is 3.75. The molecule has 1 unspecified atom stereocenters. The van der Waals surface area contributed by atoms with Gasteiger partial charge in [-0.05, 0) is 31.2 Å². The van der Waals surface area contributed by atoms with Gasteiger partial charge < -0.3 is 14.5 Å². The number of pyridine rings is 1. The van der Waals surface area contributed by atoms with Crippen LogP contribution in [0.1, 0.15) is 12.7 Å². The summed E-state index contributed by atoms with van der Waals surface area (Å²) in [6.07, 6.45) is 2.66. The average Bonchev–Trinajstić information content (AvgIpc) is 3.06. The number of hydrogen-bond acceptors (Lipinski definition) is 4. The van der Waals surface area contributed by atoms with Crippen LogP contribution in [-0.2, 0) is 11.3 Å². The fourth-order valence-electron chi connectivity index (χ4n) is 2.15. The van der Waals surface area contributed by atoms with Gasteiger partial charge in [0.15, 0.2) is 6.10 Å². The molecule has 112 valence electrons. The molecule has 0 aliphatic heterocycles. The van der Waals surface area contributed by atoms with Gasteiger partial charge in [-0.25, -0.2) is 0 Å². The maximum absolute atomic E-state index is 12.1. The average molecular weight is 296 g/mol. The first-order chi connectivity index (χ1) is 10.7. The molecule has 3 aromatic rings. The van der Waals surface area contributed by atoms with Crippen LogP contribution in [0.25, 0.3) is 10.9 Å². The van der Waals surface area contributed by atoms with E-state index in [0.29, 0.717) is 18.1 Å². The third kappa shape index (κ3) is 3.09. The van der Waals surface area contributed by atoms with Crippen LogP contribution in [-0.4, -0.2) is 17.0 Å². The van der Waals surface area contributed by atoms with Gasteiger partial charge in [0.25, 0.3) is 5.91 Å². The summed E-state index contributed by atoms with van der Waals surface area (Å²) < 4.78 is 10.9. The van der Waals surface area contributed by atoms with Crippen molar-refractivity contribution in [3.8, 4) is 5.75 Å². The first-order valence-electron chi connectivity index (χ1n) is 7.04. The Labute approximate surface area is 127 Å². The van der Waals surface area contributed by atoms with Crippen molar-refractivity contribution in [1.29, 1.82) is 0 Å². The molecule has 1 atom stereocenters. The third-order valence-electron chi connectivity index (χ3n) is 3.29. The van der Waals surface area contributed by atoms with Crippen LogP contribution < -0.4 is 10.1 Å². The molecule has 0 aliphatic rings. The molecule has 5 heteroatoms. The van der Waals surface area contributed by atoms with Crippen LogP contribution in [0, 0.1) is 0 Å². The molecule has 0 aliphatic carbocycles. The molecule has 0 radical (unpaired) electrons. The Morgan fingerprint density at radius 3 is 2.95 bits per heavy atom. The molecule has 0 bridgehead atoms. The van der Waals surface area contributed by atoms with Gasteiger partial charge in [-0.15, -0.1) is 0 Å². The number of hydrogen-bond donors (Lipinski definition) is 1. The zero-order valence-corrected chi connectivity index (χ0v) is 12.2. The molecule has 0 saturated carbocycles. The van der Waals surface area contributed by atoms with Gasteiger partial charge in [0.2, 0.25) is 0 Å². The number of nitrogens with zero attached hydrogens (tertiary/aromatic N) is 1. The Bertz CT molecular complexity index is 763. The molecule has 3 rings (SSSR count). The second-order valence-electron chi connectivity index (χ2n) is 4.89. The van der Waals surface area contributed by atoms with E-state index in [0.717, 1.165) is 10.9 Å². The molecule has 22 heavy (non-hydrogen) atoms. The number of rotatable bonds is 5. The van der Waals surface area contributed by atoms with Gasteiger partial charge in [0.05, 0.1) is 12.8 Å². The van der Waals surface area contributed by atoms with Gasteiger partial charge in [0.1, 0.15) is 17.0 Å². The van der Waals surface area contributed by atoms with Crippen molar-refractivity contribution in [2.45, 2.75) is 19.6 Å². The normalized spacial score (nSPS) is 12.0. The number of carbonyl (C=O) groups excluding carboxylic acids is 1. The summed E-state index contributed by atoms with van der Waals surface area (Å²) in [5.41, 5.74) is 0.746. The summed E-state index contributed by atoms with van der Waals surface area (Å²) in [6.45, 7) is 2.05. The monoisotopic (exact) mass is 296 g/mol. The third-order valence-corrected chi connectivity index (χ3v) is 3.29. The largest absolute Gasteiger partial charge is 0.479 e. The van der Waals surface area contributed by atoms with E-state index in [4.69, 9.17) is 9.15 Å². The Kier molecular flexibility index (Phi) is 4.05. The number of ether oxygens (including phenoxy) is 1. The van der Waals surface area contributed by atoms with Crippen LogP contribution in [0.5, 0.6) is 5.75 Å². The molecule has 1 amide bonds. The van der Waals surface area contributed by atoms with E-state index in [2.05, 4.69) is 10.3 Å². The molecule has 2 aromatic heterocycles. The lowest BCUT2D eigenvalue weighted by atomic mass is 10.2. The number of carbonyl (C=O) groups is 1. The fraction of sp³-hybridized carbons (Fsp3) is 0.176. The topological polar surface area (TPSA) is 64.4 Å². The first-order valence-corrected chi connectivity index (χ1v) is 7.04. The highest BCUT2D eigenvalue weighted by atomic mass is 16.5. The lowest BCUT2D eigenvalue weighted by Gasteiger charge is -2.15. The van der Waals surface area contributed by atoms with E-state index in [9.17, 15) is 4.79 Å². The Balaban J connectivity index is 1.67. The number of benzene rings is 1. The van der Waals surface area contributed by atoms with Crippen LogP contribution in [0.2, 0.25) is 0 Å². The van der Waals surface area contributed by atoms with Crippen LogP contribution in [0.15, 0.2) is 59.3 Å². The molecule has 0 saturated heterocycles. The second kappa shape index (κ2) is 6.30. The number of nitrogens with one attached hydrogen (secondary N) is 1. The van der Waals surface area contributed by atoms with Crippen LogP contribution in [0.3, 0.4) is 0 Å². The number of amides is 1. The minimum Gasteiger partial charge on any atom is -0.479 e. The summed E-state index contributed by atoms with van der Waals surface area (Å²) in [4.78, 5) is 16.4.